The highest BCUT2D eigenvalue weighted by molar-refractivity contribution is 4.22. The van der Waals surface area contributed by atoms with Crippen molar-refractivity contribution in [3.63, 3.8) is 0 Å². The number of rotatable bonds is 0. The fraction of sp³-hybridized carbons (Fsp3) is 0.571. The largest absolute Gasteiger partial charge is 0.521 e. The lowest BCUT2D eigenvalue weighted by Crippen LogP contribution is -0.856. The van der Waals surface area contributed by atoms with E-state index in [4.69, 9.17) is 0 Å². The Bertz CT molecular complexity index is 4.75. The van der Waals surface area contributed by atoms with Gasteiger partial charge in [0.25, 0.3) is 0 Å². The molecule has 0 unspecified atom stereocenters. The molecule has 0 amide bonds. The first-order chi connectivity index (χ1) is 7.00. The van der Waals surface area contributed by atoms with Crippen LogP contribution in [0.15, 0.2) is 32.9 Å². The summed E-state index contributed by atoms with van der Waals surface area (Å²) >= 11 is 0. The minimum absolute atomic E-state index is 2.00. The molecular formula is C14H35-. The first kappa shape index (κ1) is 51.0. The van der Waals surface area contributed by atoms with Crippen LogP contribution in [0.5, 0.6) is 0 Å². The molecule has 0 radical (unpaired) electrons. The third-order valence-electron chi connectivity index (χ3n) is 0. The van der Waals surface area contributed by atoms with Crippen molar-refractivity contribution in [3.8, 4) is 0 Å². The maximum absolute atomic E-state index is 4.25. The van der Waals surface area contributed by atoms with E-state index in [9.17, 15) is 0 Å². The maximum Gasteiger partial charge on any atom is -0.0683 e. The average molecular weight is 203 g/mol. The topological polar surface area (TPSA) is 0 Å². The summed E-state index contributed by atoms with van der Waals surface area (Å²) in [6.45, 7) is 35.0. The second kappa shape index (κ2) is 2530. The van der Waals surface area contributed by atoms with Gasteiger partial charge in [-0.2, -0.15) is 0 Å². The van der Waals surface area contributed by atoms with Crippen molar-refractivity contribution in [3.05, 3.63) is 39.5 Å². The highest BCUT2D eigenvalue weighted by Gasteiger charge is 0.938. The van der Waals surface area contributed by atoms with Crippen LogP contribution in [0.2, 0.25) is 0 Å². The maximum atomic E-state index is 4.25. The Morgan fingerprint density at radius 3 is 0.429 bits per heavy atom. The molecule has 0 nitrogen and oxygen atoms in total. The van der Waals surface area contributed by atoms with Crippen molar-refractivity contribution < 1.29 is 0 Å². The molecule has 0 aliphatic heterocycles. The summed E-state index contributed by atoms with van der Waals surface area (Å²) in [6.07, 6.45) is 0. The van der Waals surface area contributed by atoms with Crippen molar-refractivity contribution in [1.29, 1.82) is 0 Å². The molecule has 0 aromatic heterocycles. The highest BCUT2D eigenvalue weighted by atomic mass is 13.0. The van der Waals surface area contributed by atoms with Gasteiger partial charge in [0.05, 0.1) is 0 Å². The molecule has 0 fully saturated rings. The molecule has 0 saturated carbocycles. The van der Waals surface area contributed by atoms with Crippen LogP contribution in [0, 0.1) is 6.58 Å². The van der Waals surface area contributed by atoms with Crippen molar-refractivity contribution in [2.75, 3.05) is 0 Å². The molecule has 0 heterocycles. The summed E-state index contributed by atoms with van der Waals surface area (Å²) in [5, 5.41) is 0. The van der Waals surface area contributed by atoms with E-state index in [1.165, 1.54) is 0 Å². The van der Waals surface area contributed by atoms with Crippen LogP contribution in [0.1, 0.15) is 55.4 Å². The van der Waals surface area contributed by atoms with Crippen LogP contribution in [0.25, 0.3) is 0 Å². The van der Waals surface area contributed by atoms with Gasteiger partial charge < -0.3 is 6.58 Å². The zero-order chi connectivity index (χ0) is 14.0. The zero-order valence-electron chi connectivity index (χ0n) is 12.1. The Labute approximate surface area is 95.4 Å². The number of hydrogen-bond donors (Lipinski definition) is 0. The molecule has 0 heteroatoms. The third-order valence-corrected chi connectivity index (χ3v) is 0. The van der Waals surface area contributed by atoms with Gasteiger partial charge in [-0.1, -0.05) is 55.4 Å². The number of hydrogen-bond acceptors (Lipinski definition) is 0. The van der Waals surface area contributed by atoms with E-state index in [0.29, 0.717) is 0 Å². The molecule has 0 aromatic carbocycles. The molecule has 0 spiro atoms. The van der Waals surface area contributed by atoms with Gasteiger partial charge in [0, 0.05) is 0 Å². The monoisotopic (exact) mass is 203 g/mol. The molecular weight excluding hydrogens is 168 g/mol. The lowest BCUT2D eigenvalue weighted by Gasteiger charge is -1.12. The normalized spacial score (nSPS) is 2.57. The second-order valence-corrected chi connectivity index (χ2v) is 0. The minimum Gasteiger partial charge on any atom is -0.521 e. The Hall–Kier alpha value is -0.780. The summed E-state index contributed by atoms with van der Waals surface area (Å²) in [7, 11) is 0. The van der Waals surface area contributed by atoms with Crippen LogP contribution in [0.4, 0.5) is 0 Å². The molecule has 0 saturated heterocycles. The van der Waals surface area contributed by atoms with Crippen LogP contribution < -0.4 is 0 Å². The van der Waals surface area contributed by atoms with Gasteiger partial charge in [-0.25, -0.2) is 0 Å². The third kappa shape index (κ3) is 1930. The SMILES string of the molecule is C=C.C=C.CC.CC.CC.CC.[CH-]=C. The van der Waals surface area contributed by atoms with Crippen molar-refractivity contribution in [2.24, 2.45) is 0 Å². The van der Waals surface area contributed by atoms with Crippen LogP contribution in [0.3, 0.4) is 0 Å². The van der Waals surface area contributed by atoms with Gasteiger partial charge in [-0.05, 0) is 0 Å². The Kier molecular flexibility index (Phi) is 9220. The Morgan fingerprint density at radius 2 is 0.429 bits per heavy atom. The van der Waals surface area contributed by atoms with Gasteiger partial charge >= 0.3 is 0 Å². The molecule has 0 aliphatic carbocycles. The zero-order valence-corrected chi connectivity index (χ0v) is 12.1. The van der Waals surface area contributed by atoms with Crippen LogP contribution in [-0.2, 0) is 0 Å². The van der Waals surface area contributed by atoms with Gasteiger partial charge in [0.2, 0.25) is 0 Å². The van der Waals surface area contributed by atoms with Crippen LogP contribution >= 0.6 is 0 Å². The standard InChI is InChI=1S/4C2H6.2C2H4.C2H3/c7*1-2/h4*1-2H3;2*1-2H2;1H,2H2/q;;;;;;-1. The Morgan fingerprint density at radius 1 is 0.429 bits per heavy atom. The van der Waals surface area contributed by atoms with E-state index in [1.54, 1.807) is 0 Å². The van der Waals surface area contributed by atoms with Crippen molar-refractivity contribution >= 4 is 0 Å². The molecule has 0 atom stereocenters. The molecule has 0 aliphatic rings. The predicted octanol–water partition coefficient (Wildman–Crippen LogP) is 6.31. The smallest absolute Gasteiger partial charge is 0.0683 e. The predicted molar refractivity (Wildman–Crippen MR) is 77.8 cm³/mol. The summed E-state index contributed by atoms with van der Waals surface area (Å²) < 4.78 is 0. The van der Waals surface area contributed by atoms with E-state index in [0.717, 1.165) is 0 Å². The van der Waals surface area contributed by atoms with Crippen molar-refractivity contribution in [2.45, 2.75) is 55.4 Å². The average Bonchev–Trinajstić information content (AvgIpc) is 2.45. The van der Waals surface area contributed by atoms with E-state index in [1.807, 2.05) is 55.4 Å². The van der Waals surface area contributed by atoms with E-state index < -0.39 is 0 Å². The summed E-state index contributed by atoms with van der Waals surface area (Å²) in [5.41, 5.74) is 0. The van der Waals surface area contributed by atoms with Crippen LogP contribution in [-0.4, -0.2) is 0 Å². The summed E-state index contributed by atoms with van der Waals surface area (Å²) in [5.74, 6) is 0. The van der Waals surface area contributed by atoms with E-state index in [-0.39, 0.29) is 0 Å². The van der Waals surface area contributed by atoms with Gasteiger partial charge in [-0.3, -0.25) is 6.58 Å². The molecule has 0 N–H and O–H groups in total. The fourth-order valence-corrected chi connectivity index (χ4v) is 0. The fourth-order valence-electron chi connectivity index (χ4n) is 0. The summed E-state index contributed by atoms with van der Waals surface area (Å²) in [6, 6.07) is 0. The quantitative estimate of drug-likeness (QED) is 0.319. The van der Waals surface area contributed by atoms with Gasteiger partial charge in [0.15, 0.2) is 0 Å². The highest BCUT2D eigenvalue weighted by Crippen LogP contribution is 1.15. The molecule has 0 bridgehead atoms. The van der Waals surface area contributed by atoms with Gasteiger partial charge in [0.1, 0.15) is 0 Å². The minimum atomic E-state index is 2.00. The first-order valence-corrected chi connectivity index (χ1v) is 5.41. The lowest BCUT2D eigenvalue weighted by atomic mass is 11.0. The molecule has 0 aromatic rings. The molecule has 92 valence electrons. The molecule has 14 heavy (non-hydrogen) atoms. The molecule has 0 rings (SSSR count). The van der Waals surface area contributed by atoms with Crippen molar-refractivity contribution in [1.82, 2.24) is 0 Å². The second-order valence-electron chi connectivity index (χ2n) is 0. The lowest BCUT2D eigenvalue weighted by molar-refractivity contribution is 1.50. The van der Waals surface area contributed by atoms with E-state index >= 15 is 0 Å². The van der Waals surface area contributed by atoms with Gasteiger partial charge in [-0.15, -0.1) is 26.3 Å². The first-order valence-electron chi connectivity index (χ1n) is 5.41. The summed E-state index contributed by atoms with van der Waals surface area (Å²) in [4.78, 5) is 0. The Balaban J connectivity index is -0.00000000817. The van der Waals surface area contributed by atoms with E-state index in [2.05, 4.69) is 39.5 Å².